The lowest BCUT2D eigenvalue weighted by atomic mass is 10.1. The predicted octanol–water partition coefficient (Wildman–Crippen LogP) is 4.89. The Morgan fingerprint density at radius 1 is 0.864 bits per heavy atom. The molecule has 1 unspecified atom stereocenters. The number of unbranched alkanes of at least 4 members (excludes halogenated alkanes) is 9. The average molecular weight is 400 g/mol. The van der Waals surface area contributed by atoms with Gasteiger partial charge in [-0.1, -0.05) is 80.6 Å². The zero-order valence-electron chi connectivity index (χ0n) is 14.1. The van der Waals surface area contributed by atoms with Gasteiger partial charge in [-0.15, -0.1) is 0 Å². The van der Waals surface area contributed by atoms with Crippen LogP contribution in [0, 0.1) is 0 Å². The van der Waals surface area contributed by atoms with Crippen molar-refractivity contribution in [1.29, 1.82) is 0 Å². The van der Waals surface area contributed by atoms with E-state index in [-0.39, 0.29) is 12.8 Å². The van der Waals surface area contributed by atoms with Gasteiger partial charge in [-0.05, 0) is 6.42 Å². The summed E-state index contributed by atoms with van der Waals surface area (Å²) in [4.78, 5) is 11.3. The normalized spacial score (nSPS) is 14.1. The minimum Gasteiger partial charge on any atom is -0.778 e. The van der Waals surface area contributed by atoms with E-state index >= 15 is 0 Å². The van der Waals surface area contributed by atoms with Crippen LogP contribution in [0.5, 0.6) is 0 Å². The zero-order valence-corrected chi connectivity index (χ0v) is 16.5. The van der Waals surface area contributed by atoms with Gasteiger partial charge in [-0.25, -0.2) is 0 Å². The fourth-order valence-electron chi connectivity index (χ4n) is 2.20. The van der Waals surface area contributed by atoms with Crippen molar-refractivity contribution in [1.82, 2.24) is 0 Å². The van der Waals surface area contributed by atoms with Crippen molar-refractivity contribution in [3.05, 3.63) is 0 Å². The van der Waals surface area contributed by atoms with Crippen LogP contribution in [0.3, 0.4) is 0 Å². The van der Waals surface area contributed by atoms with E-state index in [4.69, 9.17) is 9.26 Å². The van der Waals surface area contributed by atoms with Crippen LogP contribution >= 0.6 is 23.5 Å². The number of alkyl halides is 1. The largest absolute Gasteiger partial charge is 0.778 e. The van der Waals surface area contributed by atoms with E-state index in [1.165, 1.54) is 57.8 Å². The Hall–Kier alpha value is 0.590. The highest BCUT2D eigenvalue weighted by Crippen LogP contribution is 2.36. The first-order valence-corrected chi connectivity index (χ1v) is 11.6. The smallest absolute Gasteiger partial charge is 0.135 e. The maximum absolute atomic E-state index is 11.3. The number of halogens is 1. The maximum Gasteiger partial charge on any atom is 0.135 e. The maximum atomic E-state index is 11.3. The van der Waals surface area contributed by atoms with Crippen molar-refractivity contribution in [2.75, 3.05) is 31.3 Å². The molecule has 0 N–H and O–H groups in total. The van der Waals surface area contributed by atoms with E-state index in [0.29, 0.717) is 18.5 Å². The van der Waals surface area contributed by atoms with Crippen molar-refractivity contribution in [3.8, 4) is 0 Å². The molecule has 6 heteroatoms. The van der Waals surface area contributed by atoms with Crippen LogP contribution < -0.4 is 4.89 Å². The summed E-state index contributed by atoms with van der Waals surface area (Å²) >= 11 is 3.09. The third kappa shape index (κ3) is 17.0. The minimum absolute atomic E-state index is 0.0332. The van der Waals surface area contributed by atoms with Crippen LogP contribution in [0.2, 0.25) is 0 Å². The third-order valence-electron chi connectivity index (χ3n) is 3.52. The first kappa shape index (κ1) is 22.6. The van der Waals surface area contributed by atoms with E-state index in [1.54, 1.807) is 0 Å². The van der Waals surface area contributed by atoms with Gasteiger partial charge in [0.2, 0.25) is 0 Å². The topological polar surface area (TPSA) is 58.6 Å². The Morgan fingerprint density at radius 2 is 1.41 bits per heavy atom. The summed E-state index contributed by atoms with van der Waals surface area (Å²) in [6.45, 7) is 3.43. The Morgan fingerprint density at radius 3 is 1.95 bits per heavy atom. The van der Waals surface area contributed by atoms with Crippen LogP contribution in [0.1, 0.15) is 71.1 Å². The van der Waals surface area contributed by atoms with Crippen LogP contribution in [-0.2, 0) is 13.8 Å². The van der Waals surface area contributed by atoms with Crippen LogP contribution in [0.15, 0.2) is 0 Å². The van der Waals surface area contributed by atoms with Crippen LogP contribution in [-0.4, -0.2) is 31.3 Å². The van der Waals surface area contributed by atoms with Gasteiger partial charge in [-0.2, -0.15) is 0 Å². The van der Waals surface area contributed by atoms with Crippen molar-refractivity contribution in [2.45, 2.75) is 71.1 Å². The van der Waals surface area contributed by atoms with E-state index in [1.807, 2.05) is 0 Å². The zero-order chi connectivity index (χ0) is 16.5. The SMILES string of the molecule is CCCCCCCCCCCCOCCOP(=O)([O-])CCBr. The lowest BCUT2D eigenvalue weighted by Crippen LogP contribution is -2.13. The van der Waals surface area contributed by atoms with Crippen molar-refractivity contribution < 1.29 is 18.7 Å². The molecule has 0 aliphatic rings. The molecule has 0 fully saturated rings. The summed E-state index contributed by atoms with van der Waals surface area (Å²) in [6, 6.07) is 0. The second-order valence-electron chi connectivity index (χ2n) is 5.65. The molecule has 1 atom stereocenters. The first-order chi connectivity index (χ1) is 10.6. The van der Waals surface area contributed by atoms with E-state index in [2.05, 4.69) is 22.9 Å². The molecule has 0 amide bonds. The molecule has 134 valence electrons. The van der Waals surface area contributed by atoms with Gasteiger partial charge >= 0.3 is 0 Å². The Bertz CT molecular complexity index is 277. The molecule has 0 spiro atoms. The van der Waals surface area contributed by atoms with E-state index in [0.717, 1.165) is 6.42 Å². The molecule has 0 aliphatic carbocycles. The minimum atomic E-state index is -3.65. The van der Waals surface area contributed by atoms with Gasteiger partial charge in [0.1, 0.15) is 7.60 Å². The summed E-state index contributed by atoms with van der Waals surface area (Å²) in [5.41, 5.74) is 0. The van der Waals surface area contributed by atoms with Gasteiger partial charge in [0.25, 0.3) is 0 Å². The highest BCUT2D eigenvalue weighted by atomic mass is 79.9. The quantitative estimate of drug-likeness (QED) is 0.198. The molecule has 0 aromatic carbocycles. The molecule has 0 heterocycles. The van der Waals surface area contributed by atoms with Crippen molar-refractivity contribution >= 4 is 23.5 Å². The van der Waals surface area contributed by atoms with Gasteiger partial charge in [0.15, 0.2) is 0 Å². The highest BCUT2D eigenvalue weighted by Gasteiger charge is 2.06. The molecule has 0 saturated heterocycles. The average Bonchev–Trinajstić information content (AvgIpc) is 2.47. The predicted molar refractivity (Wildman–Crippen MR) is 94.9 cm³/mol. The summed E-state index contributed by atoms with van der Waals surface area (Å²) in [5.74, 6) is 0. The molecular formula is C16H33BrO4P-. The van der Waals surface area contributed by atoms with E-state index in [9.17, 15) is 9.46 Å². The summed E-state index contributed by atoms with van der Waals surface area (Å²) in [7, 11) is -3.65. The molecule has 4 nitrogen and oxygen atoms in total. The molecule has 0 bridgehead atoms. The van der Waals surface area contributed by atoms with Gasteiger partial charge < -0.3 is 18.7 Å². The third-order valence-corrected chi connectivity index (χ3v) is 5.87. The van der Waals surface area contributed by atoms with Gasteiger partial charge in [0.05, 0.1) is 13.2 Å². The number of ether oxygens (including phenoxy) is 1. The Kier molecular flexibility index (Phi) is 16.9. The molecule has 0 aromatic rings. The number of hydrogen-bond acceptors (Lipinski definition) is 4. The fraction of sp³-hybridized carbons (Fsp3) is 1.00. The highest BCUT2D eigenvalue weighted by molar-refractivity contribution is 9.09. The molecular weight excluding hydrogens is 367 g/mol. The Labute approximate surface area is 145 Å². The van der Waals surface area contributed by atoms with E-state index < -0.39 is 7.60 Å². The fourth-order valence-corrected chi connectivity index (χ4v) is 4.19. The van der Waals surface area contributed by atoms with Gasteiger partial charge in [0, 0.05) is 18.1 Å². The lowest BCUT2D eigenvalue weighted by Gasteiger charge is -2.21. The van der Waals surface area contributed by atoms with Crippen molar-refractivity contribution in [3.63, 3.8) is 0 Å². The lowest BCUT2D eigenvalue weighted by molar-refractivity contribution is -0.199. The summed E-state index contributed by atoms with van der Waals surface area (Å²) in [6.07, 6.45) is 13.1. The molecule has 22 heavy (non-hydrogen) atoms. The number of hydrogen-bond donors (Lipinski definition) is 0. The summed E-state index contributed by atoms with van der Waals surface area (Å²) in [5, 5.41) is 0.410. The monoisotopic (exact) mass is 399 g/mol. The Balaban J connectivity index is 3.13. The molecule has 0 rings (SSSR count). The second kappa shape index (κ2) is 16.4. The molecule has 0 aromatic heterocycles. The standard InChI is InChI=1S/C16H34BrO4P/c1-2-3-4-5-6-7-8-9-10-11-13-20-14-15-21-22(18,19)16-12-17/h2-16H2,1H3,(H,18,19)/p-1. The van der Waals surface area contributed by atoms with Crippen molar-refractivity contribution in [2.24, 2.45) is 0 Å². The van der Waals surface area contributed by atoms with Gasteiger partial charge in [-0.3, -0.25) is 0 Å². The molecule has 0 aliphatic heterocycles. The molecule has 0 radical (unpaired) electrons. The molecule has 0 saturated carbocycles. The summed E-state index contributed by atoms with van der Waals surface area (Å²) < 4.78 is 21.5. The van der Waals surface area contributed by atoms with Crippen LogP contribution in [0.4, 0.5) is 0 Å². The first-order valence-electron chi connectivity index (χ1n) is 8.70. The number of rotatable bonds is 17. The second-order valence-corrected chi connectivity index (χ2v) is 8.37. The van der Waals surface area contributed by atoms with Crippen LogP contribution in [0.25, 0.3) is 0 Å².